The van der Waals surface area contributed by atoms with Crippen molar-refractivity contribution < 1.29 is 14.4 Å². The van der Waals surface area contributed by atoms with Gasteiger partial charge in [-0.25, -0.2) is 4.79 Å². The minimum Gasteiger partial charge on any atom is -0.476 e. The Kier molecular flexibility index (Phi) is 4.01. The number of rotatable bonds is 4. The van der Waals surface area contributed by atoms with Gasteiger partial charge in [-0.1, -0.05) is 24.9 Å². The van der Waals surface area contributed by atoms with Crippen LogP contribution in [0, 0.1) is 5.92 Å². The van der Waals surface area contributed by atoms with Crippen LogP contribution in [-0.2, 0) is 6.54 Å². The molecular formula is C13H20N2O3. The number of carboxylic acid groups (broad SMARTS) is 1. The minimum absolute atomic E-state index is 0.0181. The quantitative estimate of drug-likeness (QED) is 0.891. The first-order valence-electron chi connectivity index (χ1n) is 6.45. The summed E-state index contributed by atoms with van der Waals surface area (Å²) in [5.41, 5.74) is -0.0181. The van der Waals surface area contributed by atoms with E-state index in [2.05, 4.69) is 24.0 Å². The molecule has 0 aliphatic heterocycles. The minimum atomic E-state index is -1.04. The fraction of sp³-hybridized carbons (Fsp3) is 0.692. The van der Waals surface area contributed by atoms with Crippen molar-refractivity contribution in [2.24, 2.45) is 5.92 Å². The van der Waals surface area contributed by atoms with Gasteiger partial charge in [0, 0.05) is 12.1 Å². The van der Waals surface area contributed by atoms with E-state index in [0.717, 1.165) is 5.92 Å². The van der Waals surface area contributed by atoms with E-state index in [1.54, 1.807) is 0 Å². The Morgan fingerprint density at radius 2 is 2.39 bits per heavy atom. The molecule has 100 valence electrons. The molecule has 0 spiro atoms. The Balaban J connectivity index is 1.93. The van der Waals surface area contributed by atoms with Gasteiger partial charge in [-0.05, 0) is 25.8 Å². The van der Waals surface area contributed by atoms with Crippen LogP contribution < -0.4 is 0 Å². The van der Waals surface area contributed by atoms with Gasteiger partial charge in [-0.2, -0.15) is 0 Å². The fourth-order valence-electron chi connectivity index (χ4n) is 2.67. The molecule has 2 rings (SSSR count). The van der Waals surface area contributed by atoms with Gasteiger partial charge in [-0.15, -0.1) is 0 Å². The summed E-state index contributed by atoms with van der Waals surface area (Å²) in [7, 11) is 2.06. The van der Waals surface area contributed by atoms with E-state index in [4.69, 9.17) is 9.63 Å². The third-order valence-corrected chi connectivity index (χ3v) is 3.72. The Morgan fingerprint density at radius 3 is 3.00 bits per heavy atom. The first-order chi connectivity index (χ1) is 8.56. The van der Waals surface area contributed by atoms with E-state index in [0.29, 0.717) is 18.3 Å². The SMILES string of the molecule is CC1CCCC(N(C)Cc2cc(C(=O)O)no2)C1. The summed E-state index contributed by atoms with van der Waals surface area (Å²) in [6.45, 7) is 2.91. The van der Waals surface area contributed by atoms with Crippen molar-refractivity contribution in [2.45, 2.75) is 45.2 Å². The van der Waals surface area contributed by atoms with Crippen molar-refractivity contribution in [3.8, 4) is 0 Å². The van der Waals surface area contributed by atoms with Crippen molar-refractivity contribution in [3.05, 3.63) is 17.5 Å². The zero-order chi connectivity index (χ0) is 13.1. The number of hydrogen-bond acceptors (Lipinski definition) is 4. The molecule has 0 saturated heterocycles. The van der Waals surface area contributed by atoms with Gasteiger partial charge in [-0.3, -0.25) is 4.90 Å². The second-order valence-electron chi connectivity index (χ2n) is 5.32. The predicted molar refractivity (Wildman–Crippen MR) is 66.3 cm³/mol. The number of carbonyl (C=O) groups is 1. The lowest BCUT2D eigenvalue weighted by Crippen LogP contribution is -2.34. The van der Waals surface area contributed by atoms with Gasteiger partial charge in [0.2, 0.25) is 0 Å². The highest BCUT2D eigenvalue weighted by Gasteiger charge is 2.23. The predicted octanol–water partition coefficient (Wildman–Crippen LogP) is 2.38. The number of aromatic carboxylic acids is 1. The lowest BCUT2D eigenvalue weighted by atomic mass is 9.86. The van der Waals surface area contributed by atoms with Gasteiger partial charge in [0.05, 0.1) is 6.54 Å². The van der Waals surface area contributed by atoms with Crippen molar-refractivity contribution in [2.75, 3.05) is 7.05 Å². The van der Waals surface area contributed by atoms with Gasteiger partial charge in [0.1, 0.15) is 0 Å². The highest BCUT2D eigenvalue weighted by Crippen LogP contribution is 2.27. The summed E-state index contributed by atoms with van der Waals surface area (Å²) < 4.78 is 5.04. The molecule has 5 nitrogen and oxygen atoms in total. The van der Waals surface area contributed by atoms with Crippen molar-refractivity contribution in [3.63, 3.8) is 0 Å². The highest BCUT2D eigenvalue weighted by atomic mass is 16.5. The second-order valence-corrected chi connectivity index (χ2v) is 5.32. The van der Waals surface area contributed by atoms with Crippen LogP contribution >= 0.6 is 0 Å². The van der Waals surface area contributed by atoms with E-state index >= 15 is 0 Å². The van der Waals surface area contributed by atoms with Crippen molar-refractivity contribution >= 4 is 5.97 Å². The van der Waals surface area contributed by atoms with Crippen LogP contribution in [0.25, 0.3) is 0 Å². The molecule has 5 heteroatoms. The molecule has 0 radical (unpaired) electrons. The number of aromatic nitrogens is 1. The monoisotopic (exact) mass is 252 g/mol. The maximum atomic E-state index is 10.7. The van der Waals surface area contributed by atoms with Crippen LogP contribution in [0.1, 0.15) is 48.9 Å². The molecule has 2 unspecified atom stereocenters. The molecule has 1 aromatic rings. The molecule has 0 amide bonds. The van der Waals surface area contributed by atoms with Crippen LogP contribution in [-0.4, -0.2) is 34.2 Å². The summed E-state index contributed by atoms with van der Waals surface area (Å²) in [6.07, 6.45) is 5.00. The fourth-order valence-corrected chi connectivity index (χ4v) is 2.67. The van der Waals surface area contributed by atoms with Crippen LogP contribution in [0.4, 0.5) is 0 Å². The number of nitrogens with zero attached hydrogens (tertiary/aromatic N) is 2. The number of hydrogen-bond donors (Lipinski definition) is 1. The molecule has 2 atom stereocenters. The summed E-state index contributed by atoms with van der Waals surface area (Å²) in [5, 5.41) is 12.3. The van der Waals surface area contributed by atoms with E-state index in [-0.39, 0.29) is 5.69 Å². The maximum Gasteiger partial charge on any atom is 0.358 e. The maximum absolute atomic E-state index is 10.7. The van der Waals surface area contributed by atoms with E-state index < -0.39 is 5.97 Å². The van der Waals surface area contributed by atoms with Gasteiger partial charge in [0.15, 0.2) is 11.5 Å². The van der Waals surface area contributed by atoms with Gasteiger partial charge < -0.3 is 9.63 Å². The lowest BCUT2D eigenvalue weighted by molar-refractivity contribution is 0.0685. The van der Waals surface area contributed by atoms with E-state index in [9.17, 15) is 4.79 Å². The first-order valence-corrected chi connectivity index (χ1v) is 6.45. The molecule has 1 fully saturated rings. The molecule has 1 aliphatic carbocycles. The lowest BCUT2D eigenvalue weighted by Gasteiger charge is -2.33. The molecule has 1 aromatic heterocycles. The molecule has 1 heterocycles. The molecule has 1 aliphatic rings. The smallest absolute Gasteiger partial charge is 0.358 e. The van der Waals surface area contributed by atoms with Crippen LogP contribution in [0.3, 0.4) is 0 Å². The molecule has 0 aromatic carbocycles. The molecule has 1 N–H and O–H groups in total. The first kappa shape index (κ1) is 13.1. The van der Waals surface area contributed by atoms with Crippen LogP contribution in [0.2, 0.25) is 0 Å². The van der Waals surface area contributed by atoms with Crippen LogP contribution in [0.15, 0.2) is 10.6 Å². The summed E-state index contributed by atoms with van der Waals surface area (Å²) in [4.78, 5) is 12.9. The average Bonchev–Trinajstić information content (AvgIpc) is 2.77. The van der Waals surface area contributed by atoms with Crippen molar-refractivity contribution in [1.82, 2.24) is 10.1 Å². The Morgan fingerprint density at radius 1 is 1.61 bits per heavy atom. The molecule has 18 heavy (non-hydrogen) atoms. The standard InChI is InChI=1S/C13H20N2O3/c1-9-4-3-5-10(6-9)15(2)8-11-7-12(13(16)17)14-18-11/h7,9-10H,3-6,8H2,1-2H3,(H,16,17). The highest BCUT2D eigenvalue weighted by molar-refractivity contribution is 5.85. The number of carboxylic acids is 1. The summed E-state index contributed by atoms with van der Waals surface area (Å²) in [6, 6.07) is 2.07. The third-order valence-electron chi connectivity index (χ3n) is 3.72. The zero-order valence-electron chi connectivity index (χ0n) is 10.9. The molecule has 1 saturated carbocycles. The summed E-state index contributed by atoms with van der Waals surface area (Å²) in [5.74, 6) is 0.350. The average molecular weight is 252 g/mol. The topological polar surface area (TPSA) is 66.6 Å². The van der Waals surface area contributed by atoms with Gasteiger partial charge in [0.25, 0.3) is 0 Å². The Labute approximate surface area is 107 Å². The van der Waals surface area contributed by atoms with Crippen molar-refractivity contribution in [1.29, 1.82) is 0 Å². The molecular weight excluding hydrogens is 232 g/mol. The zero-order valence-corrected chi connectivity index (χ0v) is 10.9. The van der Waals surface area contributed by atoms with E-state index in [1.165, 1.54) is 31.7 Å². The normalized spacial score (nSPS) is 24.4. The third kappa shape index (κ3) is 3.10. The van der Waals surface area contributed by atoms with Gasteiger partial charge >= 0.3 is 5.97 Å². The second kappa shape index (κ2) is 5.52. The summed E-state index contributed by atoms with van der Waals surface area (Å²) >= 11 is 0. The van der Waals surface area contributed by atoms with Crippen LogP contribution in [0.5, 0.6) is 0 Å². The Hall–Kier alpha value is -1.36. The van der Waals surface area contributed by atoms with E-state index in [1.807, 2.05) is 0 Å². The largest absolute Gasteiger partial charge is 0.476 e. The molecule has 0 bridgehead atoms. The Bertz CT molecular complexity index is 416.